The number of aliphatic hydroxyl groups excluding tert-OH is 1. The first kappa shape index (κ1) is 17.3. The van der Waals surface area contributed by atoms with Crippen LogP contribution in [0.25, 0.3) is 0 Å². The molecule has 0 aromatic heterocycles. The Hall–Kier alpha value is -1.77. The van der Waals surface area contributed by atoms with E-state index >= 15 is 0 Å². The maximum atomic E-state index is 13.7. The minimum Gasteiger partial charge on any atom is -0.392 e. The summed E-state index contributed by atoms with van der Waals surface area (Å²) in [5, 5.41) is 11.5. The van der Waals surface area contributed by atoms with E-state index in [1.807, 2.05) is 0 Å². The van der Waals surface area contributed by atoms with Crippen molar-refractivity contribution < 1.29 is 22.7 Å². The molecule has 0 aliphatic rings. The SMILES string of the molecule is C=CCNS(=O)(=O)c1cc(C(=O)NCC(C)O)ccc1F. The Bertz CT molecular complexity index is 629. The van der Waals surface area contributed by atoms with Crippen LogP contribution in [-0.4, -0.2) is 38.6 Å². The molecule has 0 saturated heterocycles. The average Bonchev–Trinajstić information content (AvgIpc) is 2.42. The lowest BCUT2D eigenvalue weighted by Gasteiger charge is -2.10. The molecule has 0 aliphatic heterocycles. The van der Waals surface area contributed by atoms with Gasteiger partial charge in [0, 0.05) is 18.7 Å². The van der Waals surface area contributed by atoms with Gasteiger partial charge in [-0.05, 0) is 25.1 Å². The van der Waals surface area contributed by atoms with Gasteiger partial charge in [-0.25, -0.2) is 17.5 Å². The molecule has 1 atom stereocenters. The molecule has 0 aliphatic carbocycles. The van der Waals surface area contributed by atoms with Gasteiger partial charge in [0.15, 0.2) is 0 Å². The van der Waals surface area contributed by atoms with Crippen LogP contribution < -0.4 is 10.0 Å². The molecule has 1 unspecified atom stereocenters. The maximum Gasteiger partial charge on any atom is 0.251 e. The van der Waals surface area contributed by atoms with Gasteiger partial charge in [-0.15, -0.1) is 6.58 Å². The molecule has 1 rings (SSSR count). The van der Waals surface area contributed by atoms with Crippen molar-refractivity contribution in [3.05, 3.63) is 42.2 Å². The van der Waals surface area contributed by atoms with Crippen molar-refractivity contribution in [3.63, 3.8) is 0 Å². The Morgan fingerprint density at radius 3 is 2.76 bits per heavy atom. The number of carbonyl (C=O) groups is 1. The van der Waals surface area contributed by atoms with Crippen molar-refractivity contribution in [1.29, 1.82) is 0 Å². The van der Waals surface area contributed by atoms with Gasteiger partial charge in [-0.3, -0.25) is 4.79 Å². The summed E-state index contributed by atoms with van der Waals surface area (Å²) >= 11 is 0. The number of nitrogens with one attached hydrogen (secondary N) is 2. The zero-order valence-electron chi connectivity index (χ0n) is 11.5. The Morgan fingerprint density at radius 1 is 1.52 bits per heavy atom. The topological polar surface area (TPSA) is 95.5 Å². The predicted molar refractivity (Wildman–Crippen MR) is 75.8 cm³/mol. The van der Waals surface area contributed by atoms with Gasteiger partial charge in [0.2, 0.25) is 10.0 Å². The van der Waals surface area contributed by atoms with Gasteiger partial charge in [-0.2, -0.15) is 0 Å². The Balaban J connectivity index is 3.05. The summed E-state index contributed by atoms with van der Waals surface area (Å²) in [7, 11) is -4.07. The quantitative estimate of drug-likeness (QED) is 0.635. The summed E-state index contributed by atoms with van der Waals surface area (Å²) in [6.45, 7) is 4.80. The third-order valence-electron chi connectivity index (χ3n) is 2.46. The van der Waals surface area contributed by atoms with E-state index in [2.05, 4.69) is 16.6 Å². The van der Waals surface area contributed by atoms with E-state index < -0.39 is 32.7 Å². The first-order chi connectivity index (χ1) is 9.77. The van der Waals surface area contributed by atoms with Gasteiger partial charge in [-0.1, -0.05) is 6.08 Å². The van der Waals surface area contributed by atoms with Crippen LogP contribution in [-0.2, 0) is 10.0 Å². The third-order valence-corrected chi connectivity index (χ3v) is 3.90. The molecule has 0 fully saturated rings. The van der Waals surface area contributed by atoms with Gasteiger partial charge >= 0.3 is 0 Å². The zero-order valence-corrected chi connectivity index (χ0v) is 12.3. The average molecular weight is 316 g/mol. The lowest BCUT2D eigenvalue weighted by Crippen LogP contribution is -2.31. The van der Waals surface area contributed by atoms with Crippen LogP contribution in [0.1, 0.15) is 17.3 Å². The lowest BCUT2D eigenvalue weighted by atomic mass is 10.2. The van der Waals surface area contributed by atoms with Gasteiger partial charge in [0.1, 0.15) is 10.7 Å². The summed E-state index contributed by atoms with van der Waals surface area (Å²) in [6, 6.07) is 3.01. The number of sulfonamides is 1. The summed E-state index contributed by atoms with van der Waals surface area (Å²) in [6.07, 6.45) is 0.570. The fourth-order valence-corrected chi connectivity index (χ4v) is 2.54. The summed E-state index contributed by atoms with van der Waals surface area (Å²) in [4.78, 5) is 11.2. The highest BCUT2D eigenvalue weighted by molar-refractivity contribution is 7.89. The number of aliphatic hydroxyl groups is 1. The van der Waals surface area contributed by atoms with Crippen LogP contribution in [0.15, 0.2) is 35.7 Å². The number of carbonyl (C=O) groups excluding carboxylic acids is 1. The number of rotatable bonds is 7. The summed E-state index contributed by atoms with van der Waals surface area (Å²) < 4.78 is 39.5. The van der Waals surface area contributed by atoms with Crippen LogP contribution in [0.3, 0.4) is 0 Å². The van der Waals surface area contributed by atoms with Crippen LogP contribution >= 0.6 is 0 Å². The van der Waals surface area contributed by atoms with Crippen molar-refractivity contribution in [2.45, 2.75) is 17.9 Å². The predicted octanol–water partition coefficient (Wildman–Crippen LogP) is 0.401. The van der Waals surface area contributed by atoms with Crippen LogP contribution in [0.4, 0.5) is 4.39 Å². The number of hydrogen-bond acceptors (Lipinski definition) is 4. The summed E-state index contributed by atoms with van der Waals surface area (Å²) in [5.41, 5.74) is -0.0176. The molecule has 1 aromatic carbocycles. The Kier molecular flexibility index (Phi) is 6.01. The lowest BCUT2D eigenvalue weighted by molar-refractivity contribution is 0.0923. The highest BCUT2D eigenvalue weighted by Gasteiger charge is 2.20. The number of halogens is 1. The molecule has 1 aromatic rings. The minimum absolute atomic E-state index is 0.00695. The van der Waals surface area contributed by atoms with Crippen LogP contribution in [0.2, 0.25) is 0 Å². The van der Waals surface area contributed by atoms with E-state index in [4.69, 9.17) is 5.11 Å². The number of benzene rings is 1. The molecule has 8 heteroatoms. The first-order valence-electron chi connectivity index (χ1n) is 6.14. The van der Waals surface area contributed by atoms with Crippen molar-refractivity contribution in [1.82, 2.24) is 10.0 Å². The van der Waals surface area contributed by atoms with Crippen molar-refractivity contribution in [2.24, 2.45) is 0 Å². The molecule has 3 N–H and O–H groups in total. The smallest absolute Gasteiger partial charge is 0.251 e. The van der Waals surface area contributed by atoms with E-state index in [1.54, 1.807) is 0 Å². The monoisotopic (exact) mass is 316 g/mol. The molecule has 0 radical (unpaired) electrons. The molecule has 0 heterocycles. The number of amides is 1. The van der Waals surface area contributed by atoms with Gasteiger partial charge in [0.25, 0.3) is 5.91 Å². The highest BCUT2D eigenvalue weighted by Crippen LogP contribution is 2.16. The van der Waals surface area contributed by atoms with E-state index in [0.29, 0.717) is 0 Å². The maximum absolute atomic E-state index is 13.7. The van der Waals surface area contributed by atoms with Crippen molar-refractivity contribution in [2.75, 3.05) is 13.1 Å². The van der Waals surface area contributed by atoms with Crippen LogP contribution in [0, 0.1) is 5.82 Å². The first-order valence-corrected chi connectivity index (χ1v) is 7.62. The molecule has 0 bridgehead atoms. The van der Waals surface area contributed by atoms with Crippen molar-refractivity contribution >= 4 is 15.9 Å². The van der Waals surface area contributed by atoms with E-state index in [0.717, 1.165) is 12.1 Å². The minimum atomic E-state index is -4.07. The third kappa shape index (κ3) is 4.92. The van der Waals surface area contributed by atoms with Gasteiger partial charge in [0.05, 0.1) is 6.10 Å². The van der Waals surface area contributed by atoms with Crippen molar-refractivity contribution in [3.8, 4) is 0 Å². The fraction of sp³-hybridized carbons (Fsp3) is 0.308. The highest BCUT2D eigenvalue weighted by atomic mass is 32.2. The van der Waals surface area contributed by atoms with Gasteiger partial charge < -0.3 is 10.4 Å². The molecule has 0 spiro atoms. The van der Waals surface area contributed by atoms with E-state index in [1.165, 1.54) is 19.1 Å². The summed E-state index contributed by atoms with van der Waals surface area (Å²) in [5.74, 6) is -1.56. The Morgan fingerprint density at radius 2 is 2.19 bits per heavy atom. The normalized spacial score (nSPS) is 12.7. The zero-order chi connectivity index (χ0) is 16.0. The van der Waals surface area contributed by atoms with E-state index in [-0.39, 0.29) is 18.7 Å². The second-order valence-electron chi connectivity index (χ2n) is 4.34. The fourth-order valence-electron chi connectivity index (χ4n) is 1.44. The molecule has 21 heavy (non-hydrogen) atoms. The van der Waals surface area contributed by atoms with E-state index in [9.17, 15) is 17.6 Å². The number of hydrogen-bond donors (Lipinski definition) is 3. The van der Waals surface area contributed by atoms with Crippen LogP contribution in [0.5, 0.6) is 0 Å². The molecule has 0 saturated carbocycles. The Labute approximate surface area is 122 Å². The molecule has 116 valence electrons. The second kappa shape index (κ2) is 7.30. The molecular weight excluding hydrogens is 299 g/mol. The molecular formula is C13H17FN2O4S. The molecule has 6 nitrogen and oxygen atoms in total. The molecule has 1 amide bonds. The largest absolute Gasteiger partial charge is 0.392 e. The second-order valence-corrected chi connectivity index (χ2v) is 6.08. The standard InChI is InChI=1S/C13H17FN2O4S/c1-3-6-16-21(19,20)12-7-10(4-5-11(12)14)13(18)15-8-9(2)17/h3-5,7,9,16-17H,1,6,8H2,2H3,(H,15,18).